The molecule has 0 aliphatic heterocycles. The van der Waals surface area contributed by atoms with E-state index in [1.165, 1.54) is 7.11 Å². The summed E-state index contributed by atoms with van der Waals surface area (Å²) >= 11 is 0. The highest BCUT2D eigenvalue weighted by atomic mass is 16.5. The second-order valence-electron chi connectivity index (χ2n) is 4.31. The molecule has 0 radical (unpaired) electrons. The number of carbonyl (C=O) groups excluding carboxylic acids is 2. The molecule has 0 aromatic carbocycles. The summed E-state index contributed by atoms with van der Waals surface area (Å²) in [4.78, 5) is 22.7. The first-order valence-corrected chi connectivity index (χ1v) is 5.02. The molecule has 2 fully saturated rings. The van der Waals surface area contributed by atoms with Gasteiger partial charge in [-0.1, -0.05) is 0 Å². The number of hydrogen-bond donors (Lipinski definition) is 1. The zero-order valence-corrected chi connectivity index (χ0v) is 8.23. The highest BCUT2D eigenvalue weighted by Gasteiger charge is 2.53. The molecule has 0 saturated heterocycles. The van der Waals surface area contributed by atoms with E-state index in [2.05, 4.69) is 0 Å². The Morgan fingerprint density at radius 1 is 1.21 bits per heavy atom. The fourth-order valence-corrected chi connectivity index (χ4v) is 3.18. The summed E-state index contributed by atoms with van der Waals surface area (Å²) < 4.78 is 4.72. The van der Waals surface area contributed by atoms with Crippen molar-refractivity contribution in [3.8, 4) is 0 Å². The number of hydrogen-bond acceptors (Lipinski definition) is 3. The van der Waals surface area contributed by atoms with Gasteiger partial charge >= 0.3 is 5.97 Å². The van der Waals surface area contributed by atoms with Gasteiger partial charge in [-0.3, -0.25) is 9.59 Å². The third-order valence-corrected chi connectivity index (χ3v) is 3.72. The van der Waals surface area contributed by atoms with E-state index < -0.39 is 0 Å². The van der Waals surface area contributed by atoms with Crippen molar-refractivity contribution < 1.29 is 14.3 Å². The van der Waals surface area contributed by atoms with E-state index in [4.69, 9.17) is 10.5 Å². The lowest BCUT2D eigenvalue weighted by atomic mass is 9.79. The van der Waals surface area contributed by atoms with E-state index in [9.17, 15) is 9.59 Å². The minimum atomic E-state index is -0.340. The van der Waals surface area contributed by atoms with Crippen LogP contribution in [0.2, 0.25) is 0 Å². The highest BCUT2D eigenvalue weighted by Crippen LogP contribution is 2.52. The molecule has 2 rings (SSSR count). The Hall–Kier alpha value is -1.06. The van der Waals surface area contributed by atoms with Crippen molar-refractivity contribution >= 4 is 11.9 Å². The average Bonchev–Trinajstić information content (AvgIpc) is 2.74. The van der Waals surface area contributed by atoms with Gasteiger partial charge in [0.2, 0.25) is 5.91 Å². The lowest BCUT2D eigenvalue weighted by molar-refractivity contribution is -0.152. The Balaban J connectivity index is 2.21. The Labute approximate surface area is 82.8 Å². The summed E-state index contributed by atoms with van der Waals surface area (Å²) in [5, 5.41) is 0. The number of amides is 1. The zero-order valence-electron chi connectivity index (χ0n) is 8.23. The van der Waals surface area contributed by atoms with Crippen LogP contribution in [0.4, 0.5) is 0 Å². The van der Waals surface area contributed by atoms with Crippen molar-refractivity contribution in [2.45, 2.75) is 19.3 Å². The van der Waals surface area contributed by atoms with Crippen LogP contribution in [0, 0.1) is 23.7 Å². The molecule has 1 amide bonds. The van der Waals surface area contributed by atoms with Crippen molar-refractivity contribution in [1.29, 1.82) is 0 Å². The predicted octanol–water partition coefficient (Wildman–Crippen LogP) is 0.307. The van der Waals surface area contributed by atoms with Gasteiger partial charge in [-0.15, -0.1) is 0 Å². The minimum Gasteiger partial charge on any atom is -0.469 e. The molecule has 0 unspecified atom stereocenters. The summed E-state index contributed by atoms with van der Waals surface area (Å²) in [6, 6.07) is 0. The van der Waals surface area contributed by atoms with Crippen molar-refractivity contribution in [1.82, 2.24) is 0 Å². The molecule has 2 aliphatic rings. The van der Waals surface area contributed by atoms with E-state index in [0.717, 1.165) is 19.3 Å². The minimum absolute atomic E-state index is 0.263. The van der Waals surface area contributed by atoms with Gasteiger partial charge in [0.15, 0.2) is 0 Å². The standard InChI is InChI=1S/C10H15NO3/c1-14-10(13)8-6-3-2-5(4-6)7(8)9(11)12/h5-8H,2-4H2,1H3,(H2,11,12)/t5-,6+,7-,8+/m0/s1. The van der Waals surface area contributed by atoms with Gasteiger partial charge in [0.1, 0.15) is 0 Å². The van der Waals surface area contributed by atoms with Crippen molar-refractivity contribution in [3.63, 3.8) is 0 Å². The number of primary amides is 1. The molecule has 0 spiro atoms. The van der Waals surface area contributed by atoms with Crippen LogP contribution >= 0.6 is 0 Å². The molecular weight excluding hydrogens is 182 g/mol. The lowest BCUT2D eigenvalue weighted by Gasteiger charge is -2.26. The molecule has 2 aliphatic carbocycles. The largest absolute Gasteiger partial charge is 0.469 e. The number of fused-ring (bicyclic) bond motifs is 2. The van der Waals surface area contributed by atoms with Gasteiger partial charge in [-0.25, -0.2) is 0 Å². The Morgan fingerprint density at radius 3 is 2.29 bits per heavy atom. The van der Waals surface area contributed by atoms with Crippen molar-refractivity contribution in [2.75, 3.05) is 7.11 Å². The van der Waals surface area contributed by atoms with E-state index in [0.29, 0.717) is 11.8 Å². The molecule has 0 aromatic heterocycles. The normalized spacial score (nSPS) is 39.8. The molecule has 4 nitrogen and oxygen atoms in total. The summed E-state index contributed by atoms with van der Waals surface area (Å²) in [7, 11) is 1.37. The first kappa shape index (κ1) is 9.49. The van der Waals surface area contributed by atoms with E-state index in [1.807, 2.05) is 0 Å². The van der Waals surface area contributed by atoms with E-state index in [1.54, 1.807) is 0 Å². The molecule has 2 saturated carbocycles. The first-order valence-electron chi connectivity index (χ1n) is 5.02. The Bertz CT molecular complexity index is 277. The molecule has 4 heteroatoms. The molecule has 2 N–H and O–H groups in total. The maximum atomic E-state index is 11.5. The maximum absolute atomic E-state index is 11.5. The molecule has 0 aromatic rings. The van der Waals surface area contributed by atoms with Crippen LogP contribution in [0.1, 0.15) is 19.3 Å². The van der Waals surface area contributed by atoms with Crippen LogP contribution in [0.3, 0.4) is 0 Å². The average molecular weight is 197 g/mol. The van der Waals surface area contributed by atoms with Crippen LogP contribution in [0.25, 0.3) is 0 Å². The van der Waals surface area contributed by atoms with Crippen LogP contribution < -0.4 is 5.73 Å². The quantitative estimate of drug-likeness (QED) is 0.647. The van der Waals surface area contributed by atoms with Gasteiger partial charge in [0, 0.05) is 0 Å². The summed E-state index contributed by atoms with van der Waals surface area (Å²) in [6.45, 7) is 0. The Morgan fingerprint density at radius 2 is 1.79 bits per heavy atom. The molecule has 14 heavy (non-hydrogen) atoms. The maximum Gasteiger partial charge on any atom is 0.309 e. The van der Waals surface area contributed by atoms with Gasteiger partial charge in [0.05, 0.1) is 18.9 Å². The second kappa shape index (κ2) is 3.26. The smallest absolute Gasteiger partial charge is 0.309 e. The number of esters is 1. The van der Waals surface area contributed by atoms with Crippen molar-refractivity contribution in [3.05, 3.63) is 0 Å². The van der Waals surface area contributed by atoms with E-state index >= 15 is 0 Å². The second-order valence-corrected chi connectivity index (χ2v) is 4.31. The van der Waals surface area contributed by atoms with Crippen LogP contribution in [0.5, 0.6) is 0 Å². The molecule has 78 valence electrons. The zero-order chi connectivity index (χ0) is 10.3. The van der Waals surface area contributed by atoms with Crippen LogP contribution in [-0.4, -0.2) is 19.0 Å². The number of rotatable bonds is 2. The van der Waals surface area contributed by atoms with Gasteiger partial charge in [-0.2, -0.15) is 0 Å². The van der Waals surface area contributed by atoms with E-state index in [-0.39, 0.29) is 23.7 Å². The number of carbonyl (C=O) groups is 2. The highest BCUT2D eigenvalue weighted by molar-refractivity contribution is 5.85. The number of methoxy groups -OCH3 is 1. The molecule has 2 bridgehead atoms. The van der Waals surface area contributed by atoms with Gasteiger partial charge in [0.25, 0.3) is 0 Å². The third kappa shape index (κ3) is 1.21. The molecule has 4 atom stereocenters. The third-order valence-electron chi connectivity index (χ3n) is 3.72. The lowest BCUT2D eigenvalue weighted by Crippen LogP contribution is -2.38. The summed E-state index contributed by atoms with van der Waals surface area (Å²) in [5.74, 6) is -0.502. The Kier molecular flexibility index (Phi) is 2.21. The first-order chi connectivity index (χ1) is 6.65. The fourth-order valence-electron chi connectivity index (χ4n) is 3.18. The summed E-state index contributed by atoms with van der Waals surface area (Å²) in [6.07, 6.45) is 3.04. The fraction of sp³-hybridized carbons (Fsp3) is 0.800. The SMILES string of the molecule is COC(=O)[C@@H]1[C@@H]2CC[C@@H](C2)[C@@H]1C(N)=O. The van der Waals surface area contributed by atoms with Crippen molar-refractivity contribution in [2.24, 2.45) is 29.4 Å². The monoisotopic (exact) mass is 197 g/mol. The van der Waals surface area contributed by atoms with Crippen LogP contribution in [-0.2, 0) is 14.3 Å². The number of ether oxygens (including phenoxy) is 1. The topological polar surface area (TPSA) is 69.4 Å². The number of nitrogens with two attached hydrogens (primary N) is 1. The van der Waals surface area contributed by atoms with Gasteiger partial charge < -0.3 is 10.5 Å². The summed E-state index contributed by atoms with van der Waals surface area (Å²) in [5.41, 5.74) is 5.32. The van der Waals surface area contributed by atoms with Gasteiger partial charge in [-0.05, 0) is 31.1 Å². The van der Waals surface area contributed by atoms with Crippen LogP contribution in [0.15, 0.2) is 0 Å². The molecule has 0 heterocycles. The molecular formula is C10H15NO3. The predicted molar refractivity (Wildman–Crippen MR) is 49.0 cm³/mol.